The molecule has 4 N–H and O–H groups in total. The van der Waals surface area contributed by atoms with Gasteiger partial charge in [-0.1, -0.05) is 0 Å². The van der Waals surface area contributed by atoms with Crippen LogP contribution in [-0.4, -0.2) is 26.7 Å². The molecule has 1 rings (SSSR count). The van der Waals surface area contributed by atoms with Gasteiger partial charge in [0, 0.05) is 16.7 Å². The minimum atomic E-state index is -3.57. The average Bonchev–Trinajstić information content (AvgIpc) is 2.19. The highest BCUT2D eigenvalue weighted by molar-refractivity contribution is 9.10. The molecule has 0 saturated carbocycles. The number of halogens is 1. The molecule has 0 spiro atoms. The standard InChI is InChI=1S/C8H11BrN2O3S/c9-7-2-1-6(5-8(7)10)15(13,14)11-3-4-12/h1-2,5,11-12H,3-4,10H2. The number of nitrogens with two attached hydrogens (primary N) is 1. The van der Waals surface area contributed by atoms with Gasteiger partial charge < -0.3 is 10.8 Å². The van der Waals surface area contributed by atoms with E-state index >= 15 is 0 Å². The van der Waals surface area contributed by atoms with Crippen molar-refractivity contribution in [2.24, 2.45) is 0 Å². The number of anilines is 1. The van der Waals surface area contributed by atoms with Gasteiger partial charge in [0.25, 0.3) is 0 Å². The Balaban J connectivity index is 3.00. The second kappa shape index (κ2) is 4.93. The number of aliphatic hydroxyl groups excluding tert-OH is 1. The normalized spacial score (nSPS) is 11.6. The Kier molecular flexibility index (Phi) is 4.09. The summed E-state index contributed by atoms with van der Waals surface area (Å²) >= 11 is 3.17. The monoisotopic (exact) mass is 294 g/mol. The van der Waals surface area contributed by atoms with Gasteiger partial charge in [-0.2, -0.15) is 0 Å². The van der Waals surface area contributed by atoms with E-state index in [1.165, 1.54) is 12.1 Å². The van der Waals surface area contributed by atoms with Crippen LogP contribution < -0.4 is 10.5 Å². The lowest BCUT2D eigenvalue weighted by Crippen LogP contribution is -2.26. The zero-order valence-corrected chi connectivity index (χ0v) is 10.2. The van der Waals surface area contributed by atoms with E-state index in [0.29, 0.717) is 10.2 Å². The van der Waals surface area contributed by atoms with E-state index in [4.69, 9.17) is 10.8 Å². The molecule has 0 radical (unpaired) electrons. The fraction of sp³-hybridized carbons (Fsp3) is 0.250. The summed E-state index contributed by atoms with van der Waals surface area (Å²) in [5, 5.41) is 8.52. The van der Waals surface area contributed by atoms with Crippen LogP contribution in [-0.2, 0) is 10.0 Å². The summed E-state index contributed by atoms with van der Waals surface area (Å²) in [5.74, 6) is 0. The predicted molar refractivity (Wildman–Crippen MR) is 60.8 cm³/mol. The number of hydrogen-bond donors (Lipinski definition) is 3. The molecule has 0 atom stereocenters. The number of hydrogen-bond acceptors (Lipinski definition) is 4. The molecule has 1 aromatic rings. The van der Waals surface area contributed by atoms with E-state index in [-0.39, 0.29) is 18.0 Å². The highest BCUT2D eigenvalue weighted by atomic mass is 79.9. The van der Waals surface area contributed by atoms with E-state index in [1.54, 1.807) is 6.07 Å². The third-order valence-electron chi connectivity index (χ3n) is 1.68. The number of rotatable bonds is 4. The molecule has 7 heteroatoms. The van der Waals surface area contributed by atoms with Crippen molar-refractivity contribution < 1.29 is 13.5 Å². The van der Waals surface area contributed by atoms with Crippen LogP contribution >= 0.6 is 15.9 Å². The van der Waals surface area contributed by atoms with Gasteiger partial charge in [0.2, 0.25) is 10.0 Å². The van der Waals surface area contributed by atoms with E-state index in [9.17, 15) is 8.42 Å². The molecule has 15 heavy (non-hydrogen) atoms. The second-order valence-electron chi connectivity index (χ2n) is 2.80. The van der Waals surface area contributed by atoms with E-state index in [1.807, 2.05) is 0 Å². The molecule has 0 aromatic heterocycles. The van der Waals surface area contributed by atoms with Crippen molar-refractivity contribution in [3.05, 3.63) is 22.7 Å². The van der Waals surface area contributed by atoms with Crippen LogP contribution in [0.3, 0.4) is 0 Å². The maximum Gasteiger partial charge on any atom is 0.240 e. The minimum Gasteiger partial charge on any atom is -0.398 e. The van der Waals surface area contributed by atoms with Gasteiger partial charge in [0.15, 0.2) is 0 Å². The van der Waals surface area contributed by atoms with Crippen LogP contribution in [0.15, 0.2) is 27.6 Å². The molecule has 5 nitrogen and oxygen atoms in total. The largest absolute Gasteiger partial charge is 0.398 e. The summed E-state index contributed by atoms with van der Waals surface area (Å²) in [4.78, 5) is 0.0802. The maximum absolute atomic E-state index is 11.6. The first-order valence-electron chi connectivity index (χ1n) is 4.13. The Hall–Kier alpha value is -0.630. The highest BCUT2D eigenvalue weighted by Crippen LogP contribution is 2.22. The van der Waals surface area contributed by atoms with Crippen LogP contribution in [0, 0.1) is 0 Å². The Labute approximate surface area is 96.5 Å². The van der Waals surface area contributed by atoms with Gasteiger partial charge in [-0.15, -0.1) is 0 Å². The molecule has 1 aromatic carbocycles. The fourth-order valence-electron chi connectivity index (χ4n) is 0.952. The summed E-state index contributed by atoms with van der Waals surface area (Å²) < 4.78 is 26.0. The molecule has 0 unspecified atom stereocenters. The van der Waals surface area contributed by atoms with Crippen molar-refractivity contribution in [1.29, 1.82) is 0 Å². The molecule has 0 aliphatic heterocycles. The topological polar surface area (TPSA) is 92.4 Å². The Morgan fingerprint density at radius 3 is 2.67 bits per heavy atom. The van der Waals surface area contributed by atoms with Crippen LogP contribution in [0.1, 0.15) is 0 Å². The first-order chi connectivity index (χ1) is 6.97. The number of nitrogen functional groups attached to an aromatic ring is 1. The first-order valence-corrected chi connectivity index (χ1v) is 6.40. The summed E-state index contributed by atoms with van der Waals surface area (Å²) in [5.41, 5.74) is 5.91. The molecule has 0 fully saturated rings. The lowest BCUT2D eigenvalue weighted by molar-refractivity contribution is 0.301. The van der Waals surface area contributed by atoms with Crippen LogP contribution in [0.5, 0.6) is 0 Å². The SMILES string of the molecule is Nc1cc(S(=O)(=O)NCCO)ccc1Br. The Morgan fingerprint density at radius 2 is 2.13 bits per heavy atom. The second-order valence-corrected chi connectivity index (χ2v) is 5.43. The van der Waals surface area contributed by atoms with Crippen molar-refractivity contribution in [3.8, 4) is 0 Å². The molecule has 0 amide bonds. The molecule has 0 heterocycles. The predicted octanol–water partition coefficient (Wildman–Crippen LogP) is 0.302. The highest BCUT2D eigenvalue weighted by Gasteiger charge is 2.13. The van der Waals surface area contributed by atoms with Crippen molar-refractivity contribution in [2.45, 2.75) is 4.90 Å². The van der Waals surface area contributed by atoms with Crippen molar-refractivity contribution in [1.82, 2.24) is 4.72 Å². The number of sulfonamides is 1. The van der Waals surface area contributed by atoms with Crippen LogP contribution in [0.4, 0.5) is 5.69 Å². The summed E-state index contributed by atoms with van der Waals surface area (Å²) in [7, 11) is -3.57. The molecule has 0 bridgehead atoms. The van der Waals surface area contributed by atoms with Gasteiger partial charge in [-0.3, -0.25) is 0 Å². The molecule has 84 valence electrons. The summed E-state index contributed by atoms with van der Waals surface area (Å²) in [6, 6.07) is 4.34. The Morgan fingerprint density at radius 1 is 1.47 bits per heavy atom. The molecular formula is C8H11BrN2O3S. The van der Waals surface area contributed by atoms with Gasteiger partial charge >= 0.3 is 0 Å². The van der Waals surface area contributed by atoms with Crippen molar-refractivity contribution in [3.63, 3.8) is 0 Å². The lowest BCUT2D eigenvalue weighted by atomic mass is 10.3. The smallest absolute Gasteiger partial charge is 0.240 e. The lowest BCUT2D eigenvalue weighted by Gasteiger charge is -2.06. The van der Waals surface area contributed by atoms with Gasteiger partial charge in [-0.05, 0) is 34.1 Å². The van der Waals surface area contributed by atoms with Gasteiger partial charge in [0.05, 0.1) is 11.5 Å². The zero-order chi connectivity index (χ0) is 11.5. The average molecular weight is 295 g/mol. The van der Waals surface area contributed by atoms with E-state index in [2.05, 4.69) is 20.7 Å². The van der Waals surface area contributed by atoms with E-state index < -0.39 is 10.0 Å². The van der Waals surface area contributed by atoms with Crippen molar-refractivity contribution in [2.75, 3.05) is 18.9 Å². The third kappa shape index (κ3) is 3.16. The zero-order valence-electron chi connectivity index (χ0n) is 7.77. The van der Waals surface area contributed by atoms with Crippen LogP contribution in [0.2, 0.25) is 0 Å². The molecule has 0 aliphatic carbocycles. The number of aliphatic hydroxyl groups is 1. The van der Waals surface area contributed by atoms with Gasteiger partial charge in [-0.25, -0.2) is 13.1 Å². The fourth-order valence-corrected chi connectivity index (χ4v) is 2.25. The number of benzene rings is 1. The number of nitrogens with one attached hydrogen (secondary N) is 1. The quantitative estimate of drug-likeness (QED) is 0.697. The maximum atomic E-state index is 11.6. The summed E-state index contributed by atoms with van der Waals surface area (Å²) in [6.45, 7) is -0.260. The third-order valence-corrected chi connectivity index (χ3v) is 3.86. The Bertz CT molecular complexity index is 447. The van der Waals surface area contributed by atoms with Crippen LogP contribution in [0.25, 0.3) is 0 Å². The summed E-state index contributed by atoms with van der Waals surface area (Å²) in [6.07, 6.45) is 0. The van der Waals surface area contributed by atoms with Gasteiger partial charge in [0.1, 0.15) is 0 Å². The minimum absolute atomic E-state index is 0.0156. The van der Waals surface area contributed by atoms with E-state index in [0.717, 1.165) is 0 Å². The molecular weight excluding hydrogens is 284 g/mol. The molecule has 0 aliphatic rings. The first kappa shape index (κ1) is 12.4. The van der Waals surface area contributed by atoms with Crippen molar-refractivity contribution >= 4 is 31.6 Å². The molecule has 0 saturated heterocycles.